The number of rotatable bonds is 9. The third-order valence-electron chi connectivity index (χ3n) is 10.0. The third-order valence-corrected chi connectivity index (χ3v) is 11.2. The number of amides is 2. The normalized spacial score (nSPS) is 18.3. The molecule has 0 saturated carbocycles. The van der Waals surface area contributed by atoms with Gasteiger partial charge in [0.05, 0.1) is 0 Å². The molecular formula is C39H49N3O4S. The quantitative estimate of drug-likeness (QED) is 0.235. The molecule has 7 nitrogen and oxygen atoms in total. The van der Waals surface area contributed by atoms with E-state index in [0.717, 1.165) is 70.6 Å². The summed E-state index contributed by atoms with van der Waals surface area (Å²) in [5.74, 6) is 0.828. The SMILES string of the molecule is CC(C)(C)OC(=O)N1CCC2(CCN(CC[C@H](CSc3ccccc3)NC(=O)OCC3c4ccccc4-c4ccccc43)CC2)CC1. The van der Waals surface area contributed by atoms with Gasteiger partial charge in [-0.1, -0.05) is 66.7 Å². The number of piperidine rings is 2. The summed E-state index contributed by atoms with van der Waals surface area (Å²) in [5, 5.41) is 3.23. The van der Waals surface area contributed by atoms with E-state index in [1.54, 1.807) is 11.8 Å². The van der Waals surface area contributed by atoms with Gasteiger partial charge in [-0.3, -0.25) is 0 Å². The van der Waals surface area contributed by atoms with E-state index in [2.05, 4.69) is 83.0 Å². The lowest BCUT2D eigenvalue weighted by atomic mass is 9.71. The van der Waals surface area contributed by atoms with Crippen molar-refractivity contribution in [2.24, 2.45) is 5.41 Å². The van der Waals surface area contributed by atoms with Gasteiger partial charge in [0, 0.05) is 42.2 Å². The predicted molar refractivity (Wildman–Crippen MR) is 189 cm³/mol. The van der Waals surface area contributed by atoms with E-state index in [0.29, 0.717) is 12.0 Å². The van der Waals surface area contributed by atoms with Gasteiger partial charge in [0.2, 0.25) is 0 Å². The number of hydrogen-bond acceptors (Lipinski definition) is 6. The van der Waals surface area contributed by atoms with Crippen LogP contribution in [0.4, 0.5) is 9.59 Å². The molecule has 3 aromatic rings. The fourth-order valence-corrected chi connectivity index (χ4v) is 8.29. The summed E-state index contributed by atoms with van der Waals surface area (Å²) in [4.78, 5) is 31.5. The van der Waals surface area contributed by atoms with Crippen LogP contribution in [0.5, 0.6) is 0 Å². The minimum absolute atomic E-state index is 0.0104. The smallest absolute Gasteiger partial charge is 0.410 e. The van der Waals surface area contributed by atoms with Gasteiger partial charge in [-0.15, -0.1) is 11.8 Å². The second-order valence-electron chi connectivity index (χ2n) is 14.4. The maximum Gasteiger partial charge on any atom is 0.410 e. The summed E-state index contributed by atoms with van der Waals surface area (Å²) < 4.78 is 11.5. The molecule has 1 aliphatic carbocycles. The summed E-state index contributed by atoms with van der Waals surface area (Å²) in [5.41, 5.74) is 4.75. The molecule has 3 aliphatic rings. The van der Waals surface area contributed by atoms with E-state index in [-0.39, 0.29) is 24.1 Å². The molecular weight excluding hydrogens is 607 g/mol. The highest BCUT2D eigenvalue weighted by molar-refractivity contribution is 7.99. The van der Waals surface area contributed by atoms with E-state index in [1.165, 1.54) is 27.1 Å². The molecule has 8 heteroatoms. The molecule has 0 bridgehead atoms. The topological polar surface area (TPSA) is 71.1 Å². The van der Waals surface area contributed by atoms with Crippen LogP contribution in [0.3, 0.4) is 0 Å². The number of nitrogens with one attached hydrogen (secondary N) is 1. The molecule has 0 unspecified atom stereocenters. The van der Waals surface area contributed by atoms with Crippen molar-refractivity contribution < 1.29 is 19.1 Å². The fourth-order valence-electron chi connectivity index (χ4n) is 7.30. The Morgan fingerprint density at radius 3 is 2.04 bits per heavy atom. The number of benzene rings is 3. The minimum atomic E-state index is -0.463. The van der Waals surface area contributed by atoms with E-state index >= 15 is 0 Å². The second-order valence-corrected chi connectivity index (χ2v) is 15.5. The number of ether oxygens (including phenoxy) is 2. The zero-order valence-electron chi connectivity index (χ0n) is 28.1. The molecule has 1 atom stereocenters. The number of fused-ring (bicyclic) bond motifs is 3. The Labute approximate surface area is 284 Å². The molecule has 0 aromatic heterocycles. The number of carbonyl (C=O) groups excluding carboxylic acids is 2. The van der Waals surface area contributed by atoms with Gasteiger partial charge in [-0.05, 0) is 106 Å². The second kappa shape index (κ2) is 14.7. The van der Waals surface area contributed by atoms with Gasteiger partial charge in [-0.2, -0.15) is 0 Å². The zero-order chi connectivity index (χ0) is 32.9. The van der Waals surface area contributed by atoms with Gasteiger partial charge in [0.1, 0.15) is 12.2 Å². The maximum absolute atomic E-state index is 13.3. The van der Waals surface area contributed by atoms with Gasteiger partial charge < -0.3 is 24.6 Å². The summed E-state index contributed by atoms with van der Waals surface area (Å²) in [6, 6.07) is 27.2. The molecule has 2 aliphatic heterocycles. The third kappa shape index (κ3) is 8.52. The summed E-state index contributed by atoms with van der Waals surface area (Å²) in [7, 11) is 0. The molecule has 47 heavy (non-hydrogen) atoms. The van der Waals surface area contributed by atoms with E-state index in [1.807, 2.05) is 31.7 Å². The Bertz CT molecular complexity index is 1460. The monoisotopic (exact) mass is 655 g/mol. The van der Waals surface area contributed by atoms with Gasteiger partial charge in [-0.25, -0.2) is 9.59 Å². The van der Waals surface area contributed by atoms with Gasteiger partial charge >= 0.3 is 12.2 Å². The first-order valence-electron chi connectivity index (χ1n) is 17.2. The van der Waals surface area contributed by atoms with Crippen molar-refractivity contribution in [2.45, 2.75) is 75.3 Å². The van der Waals surface area contributed by atoms with Crippen LogP contribution in [0.25, 0.3) is 11.1 Å². The van der Waals surface area contributed by atoms with Crippen LogP contribution >= 0.6 is 11.8 Å². The number of thioether (sulfide) groups is 1. The van der Waals surface area contributed by atoms with Gasteiger partial charge in [0.15, 0.2) is 0 Å². The first-order chi connectivity index (χ1) is 22.7. The Balaban J connectivity index is 1.00. The van der Waals surface area contributed by atoms with E-state index < -0.39 is 5.60 Å². The molecule has 1 N–H and O–H groups in total. The highest BCUT2D eigenvalue weighted by Gasteiger charge is 2.39. The summed E-state index contributed by atoms with van der Waals surface area (Å²) in [6.45, 7) is 10.7. The van der Waals surface area contributed by atoms with Crippen LogP contribution in [0.1, 0.15) is 69.9 Å². The number of carbonyl (C=O) groups is 2. The van der Waals surface area contributed by atoms with Crippen LogP contribution in [-0.4, -0.2) is 78.7 Å². The van der Waals surface area contributed by atoms with Crippen LogP contribution in [0, 0.1) is 5.41 Å². The Hall–Kier alpha value is -3.49. The number of alkyl carbamates (subject to hydrolysis) is 1. The van der Waals surface area contributed by atoms with E-state index in [4.69, 9.17) is 9.47 Å². The van der Waals surface area contributed by atoms with Crippen LogP contribution in [0.2, 0.25) is 0 Å². The minimum Gasteiger partial charge on any atom is -0.449 e. The highest BCUT2D eigenvalue weighted by atomic mass is 32.2. The number of nitrogens with zero attached hydrogens (tertiary/aromatic N) is 2. The van der Waals surface area contributed by atoms with Crippen molar-refractivity contribution >= 4 is 23.9 Å². The van der Waals surface area contributed by atoms with Crippen LogP contribution in [0.15, 0.2) is 83.8 Å². The number of hydrogen-bond donors (Lipinski definition) is 1. The largest absolute Gasteiger partial charge is 0.449 e. The van der Waals surface area contributed by atoms with Gasteiger partial charge in [0.25, 0.3) is 0 Å². The van der Waals surface area contributed by atoms with Crippen molar-refractivity contribution in [1.29, 1.82) is 0 Å². The zero-order valence-corrected chi connectivity index (χ0v) is 28.9. The average Bonchev–Trinajstić information content (AvgIpc) is 3.39. The maximum atomic E-state index is 13.3. The lowest BCUT2D eigenvalue weighted by Gasteiger charge is -2.47. The molecule has 2 saturated heterocycles. The highest BCUT2D eigenvalue weighted by Crippen LogP contribution is 2.45. The number of likely N-dealkylation sites (tertiary alicyclic amines) is 2. The van der Waals surface area contributed by atoms with Crippen LogP contribution < -0.4 is 5.32 Å². The van der Waals surface area contributed by atoms with Crippen molar-refractivity contribution in [3.05, 3.63) is 90.0 Å². The molecule has 1 spiro atoms. The standard InChI is InChI=1S/C39H49N3O4S/c1-38(2,3)46-37(44)42-25-20-39(21-26-42)18-23-41(24-19-39)22-17-29(28-47-30-11-5-4-6-12-30)40-36(43)45-27-35-33-15-9-7-13-31(33)32-14-8-10-16-34(32)35/h4-16,29,35H,17-28H2,1-3H3,(H,40,43)/t29-/m1/s1. The molecule has 2 fully saturated rings. The lowest BCUT2D eigenvalue weighted by Crippen LogP contribution is -2.49. The molecule has 0 radical (unpaired) electrons. The summed E-state index contributed by atoms with van der Waals surface area (Å²) >= 11 is 1.77. The lowest BCUT2D eigenvalue weighted by molar-refractivity contribution is -0.00255. The molecule has 250 valence electrons. The molecule has 3 aromatic carbocycles. The van der Waals surface area contributed by atoms with E-state index in [9.17, 15) is 9.59 Å². The fraction of sp³-hybridized carbons (Fsp3) is 0.487. The van der Waals surface area contributed by atoms with Crippen LogP contribution in [-0.2, 0) is 9.47 Å². The Morgan fingerprint density at radius 2 is 1.43 bits per heavy atom. The Morgan fingerprint density at radius 1 is 0.851 bits per heavy atom. The molecule has 2 amide bonds. The predicted octanol–water partition coefficient (Wildman–Crippen LogP) is 8.19. The van der Waals surface area contributed by atoms with Crippen molar-refractivity contribution in [2.75, 3.05) is 45.1 Å². The molecule has 6 rings (SSSR count). The molecule has 2 heterocycles. The van der Waals surface area contributed by atoms with Crippen molar-refractivity contribution in [3.8, 4) is 11.1 Å². The first-order valence-corrected chi connectivity index (χ1v) is 18.2. The first kappa shape index (κ1) is 33.4. The summed E-state index contributed by atoms with van der Waals surface area (Å²) in [6.07, 6.45) is 4.72. The van der Waals surface area contributed by atoms with Crippen molar-refractivity contribution in [3.63, 3.8) is 0 Å². The van der Waals surface area contributed by atoms with Crippen molar-refractivity contribution in [1.82, 2.24) is 15.1 Å². The average molecular weight is 656 g/mol. The Kier molecular flexibility index (Phi) is 10.5.